The van der Waals surface area contributed by atoms with Gasteiger partial charge in [0.25, 0.3) is 0 Å². The Hall–Kier alpha value is -2.29. The summed E-state index contributed by atoms with van der Waals surface area (Å²) < 4.78 is 31.7. The molecule has 1 aromatic carbocycles. The van der Waals surface area contributed by atoms with Crippen LogP contribution in [-0.4, -0.2) is 59.8 Å². The molecule has 2 aliphatic heterocycles. The summed E-state index contributed by atoms with van der Waals surface area (Å²) in [5.41, 5.74) is 8.33. The van der Waals surface area contributed by atoms with Gasteiger partial charge in [0.05, 0.1) is 0 Å². The summed E-state index contributed by atoms with van der Waals surface area (Å²) in [7, 11) is 0. The number of benzene rings is 1. The van der Waals surface area contributed by atoms with Crippen molar-refractivity contribution in [1.29, 1.82) is 0 Å². The Morgan fingerprint density at radius 1 is 1.21 bits per heavy atom. The fourth-order valence-electron chi connectivity index (χ4n) is 3.89. The zero-order valence-corrected chi connectivity index (χ0v) is 16.0. The van der Waals surface area contributed by atoms with E-state index >= 15 is 0 Å². The lowest BCUT2D eigenvalue weighted by Crippen LogP contribution is -2.39. The third-order valence-corrected chi connectivity index (χ3v) is 5.30. The first-order chi connectivity index (χ1) is 13.0. The van der Waals surface area contributed by atoms with Crippen molar-refractivity contribution in [2.24, 2.45) is 5.73 Å². The van der Waals surface area contributed by atoms with E-state index in [1.807, 2.05) is 18.2 Å². The van der Waals surface area contributed by atoms with Crippen LogP contribution in [-0.2, 0) is 4.79 Å². The Kier molecular flexibility index (Phi) is 6.92. The largest absolute Gasteiger partial charge is 0.490 e. The van der Waals surface area contributed by atoms with E-state index in [-0.39, 0.29) is 5.91 Å². The molecule has 2 fully saturated rings. The monoisotopic (exact) mass is 401 g/mol. The molecule has 9 heteroatoms. The second-order valence-electron chi connectivity index (χ2n) is 7.29. The van der Waals surface area contributed by atoms with Crippen molar-refractivity contribution in [3.05, 3.63) is 29.3 Å². The topological polar surface area (TPSA) is 86.9 Å². The van der Waals surface area contributed by atoms with Crippen molar-refractivity contribution in [3.8, 4) is 0 Å². The molecule has 1 aromatic rings. The number of carboxylic acid groups (broad SMARTS) is 1. The number of hydrogen-bond acceptors (Lipinski definition) is 4. The van der Waals surface area contributed by atoms with Crippen molar-refractivity contribution in [2.75, 3.05) is 24.5 Å². The van der Waals surface area contributed by atoms with Crippen LogP contribution in [0.5, 0.6) is 0 Å². The maximum atomic E-state index is 11.2. The quantitative estimate of drug-likeness (QED) is 0.813. The van der Waals surface area contributed by atoms with E-state index in [0.29, 0.717) is 11.6 Å². The van der Waals surface area contributed by atoms with Gasteiger partial charge in [-0.15, -0.1) is 0 Å². The molecule has 1 amide bonds. The minimum Gasteiger partial charge on any atom is -0.475 e. The van der Waals surface area contributed by atoms with E-state index in [1.54, 1.807) is 0 Å². The maximum absolute atomic E-state index is 11.2. The average Bonchev–Trinajstić information content (AvgIpc) is 3.23. The van der Waals surface area contributed by atoms with E-state index in [4.69, 9.17) is 15.6 Å². The van der Waals surface area contributed by atoms with Crippen LogP contribution in [0.15, 0.2) is 18.2 Å². The highest BCUT2D eigenvalue weighted by molar-refractivity contribution is 5.93. The number of nitrogens with zero attached hydrogens (tertiary/aromatic N) is 2. The zero-order valence-electron chi connectivity index (χ0n) is 16.0. The van der Waals surface area contributed by atoms with Gasteiger partial charge in [-0.3, -0.25) is 9.69 Å². The van der Waals surface area contributed by atoms with Crippen molar-refractivity contribution in [1.82, 2.24) is 4.90 Å². The summed E-state index contributed by atoms with van der Waals surface area (Å²) >= 11 is 0. The van der Waals surface area contributed by atoms with E-state index in [9.17, 15) is 18.0 Å². The summed E-state index contributed by atoms with van der Waals surface area (Å²) in [4.78, 5) is 25.3. The van der Waals surface area contributed by atoms with Crippen molar-refractivity contribution >= 4 is 17.6 Å². The average molecular weight is 401 g/mol. The van der Waals surface area contributed by atoms with Crippen LogP contribution in [0.4, 0.5) is 18.9 Å². The van der Waals surface area contributed by atoms with Crippen LogP contribution in [0.2, 0.25) is 0 Å². The number of amides is 1. The second kappa shape index (κ2) is 8.81. The smallest absolute Gasteiger partial charge is 0.475 e. The standard InChI is InChI=1S/C17H25N3O.C2HF3O2/c1-12-10-14(17(18)21)5-6-16(12)19-9-7-15(11-19)20-8-3-4-13(20)2;3-2(4,5)1(6)7/h5-6,10,13,15H,3-4,7-9,11H2,1-2H3,(H2,18,21);(H,6,7). The number of carboxylic acids is 1. The van der Waals surface area contributed by atoms with Gasteiger partial charge < -0.3 is 15.7 Å². The number of likely N-dealkylation sites (tertiary alicyclic amines) is 1. The summed E-state index contributed by atoms with van der Waals surface area (Å²) in [5, 5.41) is 7.12. The van der Waals surface area contributed by atoms with Crippen molar-refractivity contribution in [2.45, 2.75) is 51.4 Å². The molecule has 3 rings (SSSR count). The van der Waals surface area contributed by atoms with Crippen LogP contribution in [0.1, 0.15) is 42.1 Å². The fourth-order valence-corrected chi connectivity index (χ4v) is 3.89. The Bertz CT molecular complexity index is 724. The minimum absolute atomic E-state index is 0.352. The van der Waals surface area contributed by atoms with Gasteiger partial charge >= 0.3 is 12.1 Å². The summed E-state index contributed by atoms with van der Waals surface area (Å²) in [6.07, 6.45) is -1.17. The van der Waals surface area contributed by atoms with Gasteiger partial charge in [-0.25, -0.2) is 4.79 Å². The highest BCUT2D eigenvalue weighted by Crippen LogP contribution is 2.30. The van der Waals surface area contributed by atoms with E-state index in [1.165, 1.54) is 31.5 Å². The van der Waals surface area contributed by atoms with Crippen LogP contribution in [0, 0.1) is 6.92 Å². The number of nitrogens with two attached hydrogens (primary N) is 1. The minimum atomic E-state index is -5.08. The Balaban J connectivity index is 0.000000345. The van der Waals surface area contributed by atoms with E-state index < -0.39 is 12.1 Å². The first kappa shape index (κ1) is 22.0. The Labute approximate surface area is 162 Å². The number of hydrogen-bond donors (Lipinski definition) is 2. The number of carbonyl (C=O) groups excluding carboxylic acids is 1. The first-order valence-electron chi connectivity index (χ1n) is 9.22. The van der Waals surface area contributed by atoms with Gasteiger partial charge in [0, 0.05) is 36.4 Å². The third kappa shape index (κ3) is 5.37. The zero-order chi connectivity index (χ0) is 21.1. The van der Waals surface area contributed by atoms with E-state index in [0.717, 1.165) is 24.7 Å². The van der Waals surface area contributed by atoms with Crippen LogP contribution in [0.25, 0.3) is 0 Å². The molecule has 2 saturated heterocycles. The molecule has 2 atom stereocenters. The predicted molar refractivity (Wildman–Crippen MR) is 99.4 cm³/mol. The second-order valence-corrected chi connectivity index (χ2v) is 7.29. The van der Waals surface area contributed by atoms with Crippen molar-refractivity contribution in [3.63, 3.8) is 0 Å². The van der Waals surface area contributed by atoms with Gasteiger partial charge in [0.2, 0.25) is 5.91 Å². The molecule has 156 valence electrons. The van der Waals surface area contributed by atoms with Gasteiger partial charge in [-0.1, -0.05) is 0 Å². The van der Waals surface area contributed by atoms with Gasteiger partial charge in [0.1, 0.15) is 0 Å². The molecular formula is C19H26F3N3O3. The first-order valence-corrected chi connectivity index (χ1v) is 9.22. The maximum Gasteiger partial charge on any atom is 0.490 e. The number of anilines is 1. The molecule has 0 saturated carbocycles. The number of primary amides is 1. The lowest BCUT2D eigenvalue weighted by Gasteiger charge is -2.29. The number of rotatable bonds is 3. The third-order valence-electron chi connectivity index (χ3n) is 5.30. The fraction of sp³-hybridized carbons (Fsp3) is 0.579. The molecule has 0 spiro atoms. The summed E-state index contributed by atoms with van der Waals surface area (Å²) in [5.74, 6) is -3.11. The predicted octanol–water partition coefficient (Wildman–Crippen LogP) is 2.79. The normalized spacial score (nSPS) is 22.7. The molecule has 28 heavy (non-hydrogen) atoms. The lowest BCUT2D eigenvalue weighted by atomic mass is 10.1. The van der Waals surface area contributed by atoms with Gasteiger partial charge in [0.15, 0.2) is 0 Å². The van der Waals surface area contributed by atoms with Crippen LogP contribution >= 0.6 is 0 Å². The summed E-state index contributed by atoms with van der Waals surface area (Å²) in [6, 6.07) is 7.21. The molecule has 3 N–H and O–H groups in total. The Morgan fingerprint density at radius 3 is 2.32 bits per heavy atom. The molecule has 0 bridgehead atoms. The molecule has 0 radical (unpaired) electrons. The van der Waals surface area contributed by atoms with Gasteiger partial charge in [-0.2, -0.15) is 13.2 Å². The van der Waals surface area contributed by atoms with Gasteiger partial charge in [-0.05, 0) is 63.4 Å². The van der Waals surface area contributed by atoms with Crippen LogP contribution in [0.3, 0.4) is 0 Å². The number of aryl methyl sites for hydroxylation is 1. The molecule has 6 nitrogen and oxygen atoms in total. The highest BCUT2D eigenvalue weighted by Gasteiger charge is 2.38. The molecule has 0 aliphatic carbocycles. The number of halogens is 3. The molecule has 2 aliphatic rings. The number of aliphatic carboxylic acids is 1. The highest BCUT2D eigenvalue weighted by atomic mass is 19.4. The molecule has 0 aromatic heterocycles. The number of carbonyl (C=O) groups is 2. The van der Waals surface area contributed by atoms with Crippen LogP contribution < -0.4 is 10.6 Å². The lowest BCUT2D eigenvalue weighted by molar-refractivity contribution is -0.192. The molecule has 2 unspecified atom stereocenters. The molecular weight excluding hydrogens is 375 g/mol. The van der Waals surface area contributed by atoms with Crippen molar-refractivity contribution < 1.29 is 27.9 Å². The molecule has 2 heterocycles. The number of alkyl halides is 3. The SMILES string of the molecule is Cc1cc(C(N)=O)ccc1N1CCC(N2CCCC2C)C1.O=C(O)C(F)(F)F. The van der Waals surface area contributed by atoms with E-state index in [2.05, 4.69) is 23.6 Å². The Morgan fingerprint density at radius 2 is 1.86 bits per heavy atom. The summed E-state index contributed by atoms with van der Waals surface area (Å²) in [6.45, 7) is 7.86.